The van der Waals surface area contributed by atoms with Crippen LogP contribution in [0.4, 0.5) is 5.69 Å². The van der Waals surface area contributed by atoms with Gasteiger partial charge in [-0.3, -0.25) is 0 Å². The summed E-state index contributed by atoms with van der Waals surface area (Å²) in [5.41, 5.74) is 6.73. The molecule has 0 aromatic heterocycles. The van der Waals surface area contributed by atoms with E-state index in [2.05, 4.69) is 13.8 Å². The summed E-state index contributed by atoms with van der Waals surface area (Å²) in [6.45, 7) is 4.80. The predicted octanol–water partition coefficient (Wildman–Crippen LogP) is 2.86. The van der Waals surface area contributed by atoms with Gasteiger partial charge in [0.1, 0.15) is 0 Å². The Labute approximate surface area is 96.6 Å². The minimum Gasteiger partial charge on any atom is -0.462 e. The van der Waals surface area contributed by atoms with E-state index < -0.39 is 0 Å². The largest absolute Gasteiger partial charge is 0.462 e. The Hall–Kier alpha value is -1.51. The number of carbonyl (C=O) groups excluding carboxylic acids is 1. The van der Waals surface area contributed by atoms with E-state index in [0.717, 1.165) is 12.8 Å². The zero-order chi connectivity index (χ0) is 12.0. The molecule has 1 aromatic carbocycles. The molecule has 0 aliphatic heterocycles. The number of hydrogen-bond donors (Lipinski definition) is 1. The van der Waals surface area contributed by atoms with E-state index in [4.69, 9.17) is 10.5 Å². The molecule has 0 saturated carbocycles. The van der Waals surface area contributed by atoms with Gasteiger partial charge in [0.15, 0.2) is 0 Å². The van der Waals surface area contributed by atoms with Crippen LogP contribution in [0.3, 0.4) is 0 Å². The maximum Gasteiger partial charge on any atom is 0.338 e. The molecule has 0 fully saturated rings. The number of carbonyl (C=O) groups is 1. The van der Waals surface area contributed by atoms with Gasteiger partial charge in [-0.05, 0) is 43.0 Å². The summed E-state index contributed by atoms with van der Waals surface area (Å²) >= 11 is 0. The van der Waals surface area contributed by atoms with Gasteiger partial charge >= 0.3 is 5.97 Å². The van der Waals surface area contributed by atoms with E-state index >= 15 is 0 Å². The molecule has 1 aromatic rings. The van der Waals surface area contributed by atoms with E-state index in [9.17, 15) is 4.79 Å². The molecule has 1 rings (SSSR count). The zero-order valence-electron chi connectivity index (χ0n) is 9.90. The second kappa shape index (κ2) is 6.16. The van der Waals surface area contributed by atoms with Gasteiger partial charge < -0.3 is 10.5 Å². The summed E-state index contributed by atoms with van der Waals surface area (Å²) in [5.74, 6) is 0.374. The standard InChI is InChI=1S/C13H19NO2/c1-10(2)4-3-9-16-13(15)11-5-7-12(14)8-6-11/h5-8,10H,3-4,9,14H2,1-2H3. The van der Waals surface area contributed by atoms with Crippen molar-refractivity contribution in [1.29, 1.82) is 0 Å². The van der Waals surface area contributed by atoms with Crippen LogP contribution >= 0.6 is 0 Å². The fraction of sp³-hybridized carbons (Fsp3) is 0.462. The van der Waals surface area contributed by atoms with Gasteiger partial charge in [0.05, 0.1) is 12.2 Å². The molecule has 0 radical (unpaired) electrons. The number of benzene rings is 1. The monoisotopic (exact) mass is 221 g/mol. The molecule has 0 heterocycles. The van der Waals surface area contributed by atoms with Crippen LogP contribution in [0.25, 0.3) is 0 Å². The minimum absolute atomic E-state index is 0.274. The maximum absolute atomic E-state index is 11.5. The van der Waals surface area contributed by atoms with Crippen molar-refractivity contribution in [2.24, 2.45) is 5.92 Å². The van der Waals surface area contributed by atoms with Gasteiger partial charge in [0, 0.05) is 5.69 Å². The lowest BCUT2D eigenvalue weighted by atomic mass is 10.1. The first-order valence-electron chi connectivity index (χ1n) is 5.62. The zero-order valence-corrected chi connectivity index (χ0v) is 9.90. The van der Waals surface area contributed by atoms with Gasteiger partial charge in [-0.25, -0.2) is 4.79 Å². The molecule has 0 atom stereocenters. The van der Waals surface area contributed by atoms with Crippen LogP contribution in [0.2, 0.25) is 0 Å². The van der Waals surface area contributed by atoms with Gasteiger partial charge in [-0.1, -0.05) is 13.8 Å². The number of esters is 1. The van der Waals surface area contributed by atoms with Crippen molar-refractivity contribution in [3.63, 3.8) is 0 Å². The summed E-state index contributed by atoms with van der Waals surface area (Å²) in [6, 6.07) is 6.76. The first-order chi connectivity index (χ1) is 7.59. The summed E-state index contributed by atoms with van der Waals surface area (Å²) < 4.78 is 5.14. The Morgan fingerprint density at radius 1 is 1.31 bits per heavy atom. The van der Waals surface area contributed by atoms with Crippen molar-refractivity contribution < 1.29 is 9.53 Å². The minimum atomic E-state index is -0.274. The Bertz CT molecular complexity index is 330. The van der Waals surface area contributed by atoms with Crippen LogP contribution in [0.1, 0.15) is 37.0 Å². The van der Waals surface area contributed by atoms with Crippen LogP contribution < -0.4 is 5.73 Å². The topological polar surface area (TPSA) is 52.3 Å². The summed E-state index contributed by atoms with van der Waals surface area (Å²) in [7, 11) is 0. The molecule has 0 amide bonds. The highest BCUT2D eigenvalue weighted by atomic mass is 16.5. The summed E-state index contributed by atoms with van der Waals surface area (Å²) in [6.07, 6.45) is 1.99. The summed E-state index contributed by atoms with van der Waals surface area (Å²) in [4.78, 5) is 11.5. The molecular weight excluding hydrogens is 202 g/mol. The molecule has 3 heteroatoms. The number of hydrogen-bond acceptors (Lipinski definition) is 3. The van der Waals surface area contributed by atoms with E-state index in [1.807, 2.05) is 0 Å². The van der Waals surface area contributed by atoms with Crippen LogP contribution in [0.15, 0.2) is 24.3 Å². The second-order valence-electron chi connectivity index (χ2n) is 4.29. The molecule has 0 bridgehead atoms. The molecule has 3 nitrogen and oxygen atoms in total. The van der Waals surface area contributed by atoms with E-state index in [0.29, 0.717) is 23.8 Å². The van der Waals surface area contributed by atoms with Crippen molar-refractivity contribution in [3.8, 4) is 0 Å². The molecule has 0 aliphatic carbocycles. The van der Waals surface area contributed by atoms with Crippen LogP contribution in [-0.4, -0.2) is 12.6 Å². The highest BCUT2D eigenvalue weighted by Gasteiger charge is 2.06. The van der Waals surface area contributed by atoms with E-state index in [1.165, 1.54) is 0 Å². The fourth-order valence-corrected chi connectivity index (χ4v) is 1.36. The molecule has 0 unspecified atom stereocenters. The van der Waals surface area contributed by atoms with E-state index in [-0.39, 0.29) is 5.97 Å². The lowest BCUT2D eigenvalue weighted by Gasteiger charge is -2.06. The maximum atomic E-state index is 11.5. The summed E-state index contributed by atoms with van der Waals surface area (Å²) in [5, 5.41) is 0. The van der Waals surface area contributed by atoms with Crippen molar-refractivity contribution in [2.45, 2.75) is 26.7 Å². The molecule has 16 heavy (non-hydrogen) atoms. The molecule has 0 aliphatic rings. The smallest absolute Gasteiger partial charge is 0.338 e. The average Bonchev–Trinajstić information content (AvgIpc) is 2.25. The normalized spacial score (nSPS) is 10.4. The van der Waals surface area contributed by atoms with Crippen molar-refractivity contribution in [2.75, 3.05) is 12.3 Å². The van der Waals surface area contributed by atoms with Crippen molar-refractivity contribution in [3.05, 3.63) is 29.8 Å². The highest BCUT2D eigenvalue weighted by molar-refractivity contribution is 5.89. The highest BCUT2D eigenvalue weighted by Crippen LogP contribution is 2.08. The SMILES string of the molecule is CC(C)CCCOC(=O)c1ccc(N)cc1. The number of anilines is 1. The van der Waals surface area contributed by atoms with Gasteiger partial charge in [0.25, 0.3) is 0 Å². The Balaban J connectivity index is 2.32. The van der Waals surface area contributed by atoms with Crippen LogP contribution in [-0.2, 0) is 4.74 Å². The third kappa shape index (κ3) is 4.34. The molecule has 88 valence electrons. The number of ether oxygens (including phenoxy) is 1. The van der Waals surface area contributed by atoms with Crippen LogP contribution in [0, 0.1) is 5.92 Å². The molecular formula is C13H19NO2. The fourth-order valence-electron chi connectivity index (χ4n) is 1.36. The number of rotatable bonds is 5. The number of nitrogen functional groups attached to an aromatic ring is 1. The van der Waals surface area contributed by atoms with Crippen molar-refractivity contribution >= 4 is 11.7 Å². The second-order valence-corrected chi connectivity index (χ2v) is 4.29. The Morgan fingerprint density at radius 2 is 1.94 bits per heavy atom. The van der Waals surface area contributed by atoms with Crippen molar-refractivity contribution in [1.82, 2.24) is 0 Å². The lowest BCUT2D eigenvalue weighted by molar-refractivity contribution is 0.0495. The number of nitrogens with two attached hydrogens (primary N) is 1. The average molecular weight is 221 g/mol. The van der Waals surface area contributed by atoms with Crippen LogP contribution in [0.5, 0.6) is 0 Å². The quantitative estimate of drug-likeness (QED) is 0.472. The van der Waals surface area contributed by atoms with Gasteiger partial charge in [-0.15, -0.1) is 0 Å². The predicted molar refractivity (Wildman–Crippen MR) is 65.2 cm³/mol. The third-order valence-electron chi connectivity index (χ3n) is 2.31. The van der Waals surface area contributed by atoms with E-state index in [1.54, 1.807) is 24.3 Å². The molecule has 0 spiro atoms. The van der Waals surface area contributed by atoms with Gasteiger partial charge in [0.2, 0.25) is 0 Å². The Kier molecular flexibility index (Phi) is 4.83. The van der Waals surface area contributed by atoms with Gasteiger partial charge in [-0.2, -0.15) is 0 Å². The molecule has 2 N–H and O–H groups in total. The first kappa shape index (κ1) is 12.6. The molecule has 0 saturated heterocycles. The third-order valence-corrected chi connectivity index (χ3v) is 2.31. The lowest BCUT2D eigenvalue weighted by Crippen LogP contribution is -2.07. The Morgan fingerprint density at radius 3 is 2.50 bits per heavy atom. The first-order valence-corrected chi connectivity index (χ1v) is 5.62.